The Hall–Kier alpha value is -1.88. The highest BCUT2D eigenvalue weighted by Gasteiger charge is 2.43. The van der Waals surface area contributed by atoms with Crippen LogP contribution in [0, 0.1) is 5.41 Å². The molecule has 1 aliphatic rings. The smallest absolute Gasteiger partial charge is 0.313 e. The second-order valence-electron chi connectivity index (χ2n) is 5.60. The number of piperidine rings is 1. The van der Waals surface area contributed by atoms with Gasteiger partial charge in [-0.25, -0.2) is 0 Å². The lowest BCUT2D eigenvalue weighted by Gasteiger charge is -2.39. The second-order valence-corrected chi connectivity index (χ2v) is 5.60. The van der Waals surface area contributed by atoms with E-state index in [4.69, 9.17) is 4.74 Å². The maximum absolute atomic E-state index is 12.4. The summed E-state index contributed by atoms with van der Waals surface area (Å²) in [7, 11) is 1.50. The zero-order chi connectivity index (χ0) is 15.3. The van der Waals surface area contributed by atoms with E-state index in [1.54, 1.807) is 4.90 Å². The van der Waals surface area contributed by atoms with Crippen molar-refractivity contribution in [3.05, 3.63) is 35.9 Å². The van der Waals surface area contributed by atoms with E-state index in [1.165, 1.54) is 7.11 Å². The Balaban J connectivity index is 2.06. The fraction of sp³-hybridized carbons (Fsp3) is 0.500. The summed E-state index contributed by atoms with van der Waals surface area (Å²) in [6.07, 6.45) is 1.55. The third-order valence-electron chi connectivity index (χ3n) is 4.00. The Labute approximate surface area is 124 Å². The van der Waals surface area contributed by atoms with Crippen molar-refractivity contribution in [3.8, 4) is 0 Å². The number of methoxy groups -OCH3 is 1. The first-order valence-electron chi connectivity index (χ1n) is 7.11. The molecule has 1 saturated heterocycles. The summed E-state index contributed by atoms with van der Waals surface area (Å²) in [4.78, 5) is 25.6. The average Bonchev–Trinajstić information content (AvgIpc) is 2.48. The molecule has 1 amide bonds. The van der Waals surface area contributed by atoms with E-state index in [0.29, 0.717) is 25.8 Å². The number of likely N-dealkylation sites (tertiary alicyclic amines) is 1. The highest BCUT2D eigenvalue weighted by atomic mass is 16.5. The number of carbonyl (C=O) groups is 2. The lowest BCUT2D eigenvalue weighted by atomic mass is 9.80. The number of hydrogen-bond donors (Lipinski definition) is 1. The third kappa shape index (κ3) is 3.61. The van der Waals surface area contributed by atoms with Crippen LogP contribution in [-0.4, -0.2) is 48.7 Å². The van der Waals surface area contributed by atoms with Crippen LogP contribution in [0.4, 0.5) is 0 Å². The molecule has 0 aliphatic carbocycles. The lowest BCUT2D eigenvalue weighted by molar-refractivity contribution is -0.159. The van der Waals surface area contributed by atoms with Gasteiger partial charge in [0.1, 0.15) is 5.41 Å². The van der Waals surface area contributed by atoms with E-state index in [9.17, 15) is 14.7 Å². The van der Waals surface area contributed by atoms with Crippen LogP contribution in [0.15, 0.2) is 30.3 Å². The van der Waals surface area contributed by atoms with Gasteiger partial charge < -0.3 is 14.7 Å². The van der Waals surface area contributed by atoms with Crippen molar-refractivity contribution < 1.29 is 19.4 Å². The van der Waals surface area contributed by atoms with Crippen LogP contribution >= 0.6 is 0 Å². The van der Waals surface area contributed by atoms with Gasteiger partial charge in [0.05, 0.1) is 13.0 Å². The Morgan fingerprint density at radius 3 is 2.67 bits per heavy atom. The number of nitrogens with zero attached hydrogens (tertiary/aromatic N) is 1. The molecule has 0 saturated carbocycles. The summed E-state index contributed by atoms with van der Waals surface area (Å²) in [5, 5.41) is 9.49. The zero-order valence-corrected chi connectivity index (χ0v) is 12.2. The number of hydrogen-bond acceptors (Lipinski definition) is 3. The molecule has 5 heteroatoms. The van der Waals surface area contributed by atoms with Crippen molar-refractivity contribution in [2.45, 2.75) is 19.3 Å². The minimum absolute atomic E-state index is 0.0253. The third-order valence-corrected chi connectivity index (χ3v) is 4.00. The van der Waals surface area contributed by atoms with Crippen LogP contribution in [0.2, 0.25) is 0 Å². The molecule has 5 nitrogen and oxygen atoms in total. The van der Waals surface area contributed by atoms with Gasteiger partial charge >= 0.3 is 5.97 Å². The molecule has 2 rings (SSSR count). The van der Waals surface area contributed by atoms with Crippen molar-refractivity contribution >= 4 is 11.9 Å². The summed E-state index contributed by atoms with van der Waals surface area (Å²) >= 11 is 0. The number of rotatable bonds is 5. The predicted molar refractivity (Wildman–Crippen MR) is 77.9 cm³/mol. The van der Waals surface area contributed by atoms with Gasteiger partial charge in [0.2, 0.25) is 5.91 Å². The molecule has 1 unspecified atom stereocenters. The number of amides is 1. The van der Waals surface area contributed by atoms with E-state index in [1.807, 2.05) is 30.3 Å². The molecule has 21 heavy (non-hydrogen) atoms. The fourth-order valence-electron chi connectivity index (χ4n) is 2.86. The summed E-state index contributed by atoms with van der Waals surface area (Å²) < 4.78 is 5.07. The van der Waals surface area contributed by atoms with Crippen LogP contribution in [0.3, 0.4) is 0 Å². The largest absolute Gasteiger partial charge is 0.481 e. The van der Waals surface area contributed by atoms with Crippen LogP contribution in [-0.2, 0) is 20.7 Å². The van der Waals surface area contributed by atoms with Gasteiger partial charge in [-0.05, 0) is 18.4 Å². The monoisotopic (exact) mass is 291 g/mol. The first-order chi connectivity index (χ1) is 10.1. The van der Waals surface area contributed by atoms with E-state index < -0.39 is 11.4 Å². The zero-order valence-electron chi connectivity index (χ0n) is 12.2. The molecule has 1 aliphatic heterocycles. The number of carbonyl (C=O) groups excluding carboxylic acids is 1. The van der Waals surface area contributed by atoms with Crippen molar-refractivity contribution in [1.82, 2.24) is 4.90 Å². The standard InChI is InChI=1S/C16H21NO4/c1-21-12-16(15(19)20)8-5-9-17(11-16)14(18)10-13-6-3-2-4-7-13/h2-4,6-7H,5,8-12H2,1H3,(H,19,20). The number of carboxylic acid groups (broad SMARTS) is 1. The van der Waals surface area contributed by atoms with Gasteiger partial charge in [0.15, 0.2) is 0 Å². The molecule has 0 spiro atoms. The molecule has 1 atom stereocenters. The molecule has 1 aromatic rings. The van der Waals surface area contributed by atoms with Crippen molar-refractivity contribution in [2.24, 2.45) is 5.41 Å². The van der Waals surface area contributed by atoms with Crippen LogP contribution in [0.25, 0.3) is 0 Å². The first-order valence-corrected chi connectivity index (χ1v) is 7.11. The molecule has 1 heterocycles. The normalized spacial score (nSPS) is 22.0. The van der Waals surface area contributed by atoms with Crippen LogP contribution < -0.4 is 0 Å². The van der Waals surface area contributed by atoms with Gasteiger partial charge in [-0.2, -0.15) is 0 Å². The highest BCUT2D eigenvalue weighted by molar-refractivity contribution is 5.81. The molecular formula is C16H21NO4. The number of benzene rings is 1. The Bertz CT molecular complexity index is 498. The SMILES string of the molecule is COCC1(C(=O)O)CCCN(C(=O)Cc2ccccc2)C1. The maximum atomic E-state index is 12.4. The van der Waals surface area contributed by atoms with Gasteiger partial charge in [0, 0.05) is 20.2 Å². The second kappa shape index (κ2) is 6.72. The van der Waals surface area contributed by atoms with E-state index in [2.05, 4.69) is 0 Å². The van der Waals surface area contributed by atoms with E-state index >= 15 is 0 Å². The van der Waals surface area contributed by atoms with Crippen molar-refractivity contribution in [3.63, 3.8) is 0 Å². The van der Waals surface area contributed by atoms with Crippen molar-refractivity contribution in [1.29, 1.82) is 0 Å². The molecule has 114 valence electrons. The van der Waals surface area contributed by atoms with E-state index in [0.717, 1.165) is 5.56 Å². The molecule has 1 fully saturated rings. The number of ether oxygens (including phenoxy) is 1. The molecule has 0 bridgehead atoms. The fourth-order valence-corrected chi connectivity index (χ4v) is 2.86. The highest BCUT2D eigenvalue weighted by Crippen LogP contribution is 2.31. The molecule has 0 aromatic heterocycles. The van der Waals surface area contributed by atoms with Gasteiger partial charge in [0.25, 0.3) is 0 Å². The summed E-state index contributed by atoms with van der Waals surface area (Å²) in [5.74, 6) is -0.913. The van der Waals surface area contributed by atoms with Gasteiger partial charge in [-0.3, -0.25) is 9.59 Å². The Morgan fingerprint density at radius 1 is 1.33 bits per heavy atom. The molecular weight excluding hydrogens is 270 g/mol. The van der Waals surface area contributed by atoms with Crippen LogP contribution in [0.1, 0.15) is 18.4 Å². The minimum atomic E-state index is -0.973. The molecule has 1 aromatic carbocycles. The van der Waals surface area contributed by atoms with E-state index in [-0.39, 0.29) is 19.1 Å². The molecule has 0 radical (unpaired) electrons. The summed E-state index contributed by atoms with van der Waals surface area (Å²) in [6.45, 7) is 0.976. The van der Waals surface area contributed by atoms with Gasteiger partial charge in [-0.15, -0.1) is 0 Å². The predicted octanol–water partition coefficient (Wildman–Crippen LogP) is 1.57. The lowest BCUT2D eigenvalue weighted by Crippen LogP contribution is -2.52. The topological polar surface area (TPSA) is 66.8 Å². The first kappa shape index (κ1) is 15.5. The Morgan fingerprint density at radius 2 is 2.05 bits per heavy atom. The van der Waals surface area contributed by atoms with Gasteiger partial charge in [-0.1, -0.05) is 30.3 Å². The molecule has 1 N–H and O–H groups in total. The number of aliphatic carboxylic acids is 1. The van der Waals surface area contributed by atoms with Crippen molar-refractivity contribution in [2.75, 3.05) is 26.8 Å². The summed E-state index contributed by atoms with van der Waals surface area (Å²) in [6, 6.07) is 9.50. The van der Waals surface area contributed by atoms with Crippen LogP contribution in [0.5, 0.6) is 0 Å². The quantitative estimate of drug-likeness (QED) is 0.894. The maximum Gasteiger partial charge on any atom is 0.313 e. The summed E-state index contributed by atoms with van der Waals surface area (Å²) in [5.41, 5.74) is -0.0277. The Kier molecular flexibility index (Phi) is 4.96. The minimum Gasteiger partial charge on any atom is -0.481 e. The number of carboxylic acids is 1. The average molecular weight is 291 g/mol.